The topological polar surface area (TPSA) is 84.2 Å². The van der Waals surface area contributed by atoms with Crippen LogP contribution >= 0.6 is 0 Å². The molecular formula is C14H27N3O2. The van der Waals surface area contributed by atoms with Gasteiger partial charge in [0.2, 0.25) is 11.8 Å². The smallest absolute Gasteiger partial charge is 0.239 e. The van der Waals surface area contributed by atoms with Crippen molar-refractivity contribution in [1.82, 2.24) is 10.6 Å². The molecule has 19 heavy (non-hydrogen) atoms. The first kappa shape index (κ1) is 16.0. The lowest BCUT2D eigenvalue weighted by Gasteiger charge is -2.19. The Morgan fingerprint density at radius 2 is 1.89 bits per heavy atom. The van der Waals surface area contributed by atoms with Crippen LogP contribution in [0.2, 0.25) is 0 Å². The highest BCUT2D eigenvalue weighted by Gasteiger charge is 2.23. The molecule has 0 heterocycles. The molecule has 0 aromatic carbocycles. The van der Waals surface area contributed by atoms with Gasteiger partial charge in [0.25, 0.3) is 0 Å². The Hall–Kier alpha value is -1.10. The van der Waals surface area contributed by atoms with Gasteiger partial charge in [0, 0.05) is 12.5 Å². The van der Waals surface area contributed by atoms with Crippen molar-refractivity contribution in [2.24, 2.45) is 17.6 Å². The molecule has 110 valence electrons. The van der Waals surface area contributed by atoms with Gasteiger partial charge in [-0.3, -0.25) is 9.59 Å². The molecule has 5 heteroatoms. The van der Waals surface area contributed by atoms with Gasteiger partial charge in [0.1, 0.15) is 0 Å². The summed E-state index contributed by atoms with van der Waals surface area (Å²) >= 11 is 0. The van der Waals surface area contributed by atoms with E-state index in [1.165, 1.54) is 0 Å². The summed E-state index contributed by atoms with van der Waals surface area (Å²) in [5.74, 6) is 0.886. The number of hydrogen-bond donors (Lipinski definition) is 3. The van der Waals surface area contributed by atoms with Crippen LogP contribution in [0.1, 0.15) is 46.0 Å². The summed E-state index contributed by atoms with van der Waals surface area (Å²) in [5.41, 5.74) is 5.57. The molecule has 0 aromatic heterocycles. The molecule has 1 fully saturated rings. The van der Waals surface area contributed by atoms with Gasteiger partial charge in [-0.1, -0.05) is 13.8 Å². The molecule has 0 spiro atoms. The van der Waals surface area contributed by atoms with Crippen LogP contribution in [0.3, 0.4) is 0 Å². The summed E-state index contributed by atoms with van der Waals surface area (Å²) in [6, 6.07) is 0.347. The second-order valence-corrected chi connectivity index (χ2v) is 5.74. The molecule has 0 aliphatic heterocycles. The summed E-state index contributed by atoms with van der Waals surface area (Å²) in [4.78, 5) is 23.1. The number of carbonyl (C=O) groups excluding carboxylic acids is 2. The van der Waals surface area contributed by atoms with Crippen molar-refractivity contribution in [2.75, 3.05) is 13.1 Å². The van der Waals surface area contributed by atoms with Crippen LogP contribution in [0, 0.1) is 11.8 Å². The van der Waals surface area contributed by atoms with Crippen molar-refractivity contribution in [3.63, 3.8) is 0 Å². The zero-order valence-corrected chi connectivity index (χ0v) is 12.1. The second kappa shape index (κ2) is 8.15. The summed E-state index contributed by atoms with van der Waals surface area (Å²) in [6.07, 6.45) is 4.39. The third kappa shape index (κ3) is 7.15. The minimum absolute atomic E-state index is 0.0476. The largest absolute Gasteiger partial charge is 0.352 e. The van der Waals surface area contributed by atoms with Crippen LogP contribution in [-0.4, -0.2) is 30.9 Å². The Morgan fingerprint density at radius 1 is 1.21 bits per heavy atom. The summed E-state index contributed by atoms with van der Waals surface area (Å²) in [5, 5.41) is 5.51. The first-order valence-corrected chi connectivity index (χ1v) is 7.29. The number of carbonyl (C=O) groups is 2. The van der Waals surface area contributed by atoms with Gasteiger partial charge in [-0.2, -0.15) is 0 Å². The molecule has 5 nitrogen and oxygen atoms in total. The third-order valence-electron chi connectivity index (χ3n) is 3.61. The zero-order valence-electron chi connectivity index (χ0n) is 12.1. The molecule has 0 radical (unpaired) electrons. The quantitative estimate of drug-likeness (QED) is 0.578. The first-order chi connectivity index (χ1) is 9.02. The summed E-state index contributed by atoms with van der Waals surface area (Å²) in [6.45, 7) is 5.06. The number of nitrogens with two attached hydrogens (primary N) is 1. The molecular weight excluding hydrogens is 242 g/mol. The maximum absolute atomic E-state index is 11.7. The molecule has 0 bridgehead atoms. The summed E-state index contributed by atoms with van der Waals surface area (Å²) in [7, 11) is 0. The minimum atomic E-state index is -0.0850. The number of hydrogen-bond acceptors (Lipinski definition) is 3. The number of rotatable bonds is 9. The van der Waals surface area contributed by atoms with Crippen LogP contribution in [0.5, 0.6) is 0 Å². The maximum atomic E-state index is 11.7. The van der Waals surface area contributed by atoms with Crippen LogP contribution in [0.25, 0.3) is 0 Å². The van der Waals surface area contributed by atoms with E-state index in [-0.39, 0.29) is 18.4 Å². The number of nitrogens with one attached hydrogen (secondary N) is 2. The predicted molar refractivity (Wildman–Crippen MR) is 75.4 cm³/mol. The van der Waals surface area contributed by atoms with E-state index in [1.54, 1.807) is 0 Å². The Bertz CT molecular complexity index is 301. The van der Waals surface area contributed by atoms with Crippen molar-refractivity contribution in [3.05, 3.63) is 0 Å². The Balaban J connectivity index is 2.13. The van der Waals surface area contributed by atoms with Gasteiger partial charge in [-0.15, -0.1) is 0 Å². The van der Waals surface area contributed by atoms with Crippen LogP contribution in [0.4, 0.5) is 0 Å². The Kier molecular flexibility index (Phi) is 6.84. The van der Waals surface area contributed by atoms with E-state index < -0.39 is 0 Å². The fourth-order valence-electron chi connectivity index (χ4n) is 2.12. The third-order valence-corrected chi connectivity index (χ3v) is 3.61. The van der Waals surface area contributed by atoms with E-state index >= 15 is 0 Å². The van der Waals surface area contributed by atoms with Gasteiger partial charge in [-0.25, -0.2) is 0 Å². The normalized spacial score (nSPS) is 16.2. The van der Waals surface area contributed by atoms with Crippen LogP contribution in [-0.2, 0) is 9.59 Å². The molecule has 1 aliphatic carbocycles. The van der Waals surface area contributed by atoms with Crippen molar-refractivity contribution >= 4 is 11.8 Å². The van der Waals surface area contributed by atoms with Gasteiger partial charge in [0.05, 0.1) is 6.54 Å². The highest BCUT2D eigenvalue weighted by molar-refractivity contribution is 5.84. The molecule has 2 amide bonds. The molecule has 0 saturated heterocycles. The van der Waals surface area contributed by atoms with E-state index in [4.69, 9.17) is 5.73 Å². The fourth-order valence-corrected chi connectivity index (χ4v) is 2.12. The number of amides is 2. The lowest BCUT2D eigenvalue weighted by molar-refractivity contribution is -0.126. The Labute approximate surface area is 115 Å². The minimum Gasteiger partial charge on any atom is -0.352 e. The monoisotopic (exact) mass is 269 g/mol. The lowest BCUT2D eigenvalue weighted by Crippen LogP contribution is -2.37. The highest BCUT2D eigenvalue weighted by atomic mass is 16.2. The molecule has 1 atom stereocenters. The van der Waals surface area contributed by atoms with Crippen LogP contribution in [0.15, 0.2) is 0 Å². The maximum Gasteiger partial charge on any atom is 0.239 e. The van der Waals surface area contributed by atoms with Crippen molar-refractivity contribution in [1.29, 1.82) is 0 Å². The van der Waals surface area contributed by atoms with Crippen molar-refractivity contribution in [2.45, 2.75) is 52.0 Å². The zero-order chi connectivity index (χ0) is 14.3. The molecule has 4 N–H and O–H groups in total. The molecule has 1 unspecified atom stereocenters. The second-order valence-electron chi connectivity index (χ2n) is 5.74. The van der Waals surface area contributed by atoms with Gasteiger partial charge < -0.3 is 16.4 Å². The summed E-state index contributed by atoms with van der Waals surface area (Å²) < 4.78 is 0. The van der Waals surface area contributed by atoms with Gasteiger partial charge in [-0.05, 0) is 44.1 Å². The molecule has 1 rings (SSSR count). The van der Waals surface area contributed by atoms with E-state index in [0.717, 1.165) is 25.7 Å². The van der Waals surface area contributed by atoms with E-state index in [0.29, 0.717) is 30.8 Å². The van der Waals surface area contributed by atoms with E-state index in [9.17, 15) is 9.59 Å². The van der Waals surface area contributed by atoms with E-state index in [1.807, 2.05) is 0 Å². The van der Waals surface area contributed by atoms with Crippen LogP contribution < -0.4 is 16.4 Å². The molecule has 1 aliphatic rings. The predicted octanol–water partition coefficient (Wildman–Crippen LogP) is 0.782. The average molecular weight is 269 g/mol. The van der Waals surface area contributed by atoms with Crippen molar-refractivity contribution < 1.29 is 9.59 Å². The lowest BCUT2D eigenvalue weighted by atomic mass is 9.88. The van der Waals surface area contributed by atoms with Crippen molar-refractivity contribution in [3.8, 4) is 0 Å². The highest BCUT2D eigenvalue weighted by Crippen LogP contribution is 2.20. The molecule has 0 aromatic rings. The Morgan fingerprint density at radius 3 is 2.42 bits per heavy atom. The van der Waals surface area contributed by atoms with E-state index in [2.05, 4.69) is 24.5 Å². The standard InChI is InChI=1S/C14H27N3O2/c1-10(2)11(7-8-15)3-6-13(18)16-9-14(19)17-12-4-5-12/h10-12H,3-9,15H2,1-2H3,(H,16,18)(H,17,19). The first-order valence-electron chi connectivity index (χ1n) is 7.29. The fraction of sp³-hybridized carbons (Fsp3) is 0.857. The average Bonchev–Trinajstić information content (AvgIpc) is 3.15. The van der Waals surface area contributed by atoms with Gasteiger partial charge >= 0.3 is 0 Å². The SMILES string of the molecule is CC(C)C(CCN)CCC(=O)NCC(=O)NC1CC1. The molecule has 1 saturated carbocycles. The van der Waals surface area contributed by atoms with Gasteiger partial charge in [0.15, 0.2) is 0 Å².